The fourth-order valence-corrected chi connectivity index (χ4v) is 4.08. The molecule has 0 unspecified atom stereocenters. The molecule has 0 bridgehead atoms. The maximum absolute atomic E-state index is 12.7. The number of Topliss-reactive ketones (excluding diaryl/α,β-unsaturated/α-hetero) is 1. The highest BCUT2D eigenvalue weighted by Crippen LogP contribution is 2.23. The lowest BCUT2D eigenvalue weighted by atomic mass is 9.96. The van der Waals surface area contributed by atoms with Crippen molar-refractivity contribution in [2.24, 2.45) is 11.7 Å². The van der Waals surface area contributed by atoms with Gasteiger partial charge in [-0.15, -0.1) is 11.3 Å². The van der Waals surface area contributed by atoms with Gasteiger partial charge in [-0.05, 0) is 45.8 Å². The van der Waals surface area contributed by atoms with Crippen LogP contribution >= 0.6 is 11.3 Å². The summed E-state index contributed by atoms with van der Waals surface area (Å²) in [6.45, 7) is 5.81. The van der Waals surface area contributed by atoms with Crippen molar-refractivity contribution in [2.75, 3.05) is 19.6 Å². The minimum absolute atomic E-state index is 0.0497. The van der Waals surface area contributed by atoms with Crippen LogP contribution in [-0.2, 0) is 4.79 Å². The summed E-state index contributed by atoms with van der Waals surface area (Å²) >= 11 is 1.55. The van der Waals surface area contributed by atoms with Gasteiger partial charge in [0.1, 0.15) is 0 Å². The second-order valence-corrected chi connectivity index (χ2v) is 7.18. The van der Waals surface area contributed by atoms with Crippen LogP contribution in [0.3, 0.4) is 0 Å². The van der Waals surface area contributed by atoms with E-state index in [1.54, 1.807) is 17.5 Å². The quantitative estimate of drug-likeness (QED) is 0.839. The number of nitrogens with zero attached hydrogens (tertiary/aromatic N) is 3. The van der Waals surface area contributed by atoms with Crippen LogP contribution in [-0.4, -0.2) is 45.8 Å². The molecule has 0 atom stereocenters. The second kappa shape index (κ2) is 6.86. The molecule has 6 nitrogen and oxygen atoms in total. The standard InChI is InChI=1S/C17H22N4O2S/c1-11-9-14(12(2)21(11)17-19-5-8-24-17)15(22)10-20-6-3-13(4-7-20)16(18)23/h5,8-9,13H,3-4,6-7,10H2,1-2H3,(H2,18,23). The van der Waals surface area contributed by atoms with E-state index in [2.05, 4.69) is 9.88 Å². The van der Waals surface area contributed by atoms with Gasteiger partial charge >= 0.3 is 0 Å². The third-order valence-electron chi connectivity index (χ3n) is 4.70. The lowest BCUT2D eigenvalue weighted by molar-refractivity contribution is -0.123. The average molecular weight is 346 g/mol. The number of carbonyl (C=O) groups excluding carboxylic acids is 2. The number of thiazole rings is 1. The zero-order chi connectivity index (χ0) is 17.3. The number of amides is 1. The number of likely N-dealkylation sites (tertiary alicyclic amines) is 1. The molecular formula is C17H22N4O2S. The van der Waals surface area contributed by atoms with Crippen LogP contribution in [0.5, 0.6) is 0 Å². The van der Waals surface area contributed by atoms with Crippen molar-refractivity contribution in [2.45, 2.75) is 26.7 Å². The zero-order valence-electron chi connectivity index (χ0n) is 14.0. The van der Waals surface area contributed by atoms with Gasteiger partial charge in [-0.25, -0.2) is 4.98 Å². The van der Waals surface area contributed by atoms with Crippen LogP contribution in [0, 0.1) is 19.8 Å². The summed E-state index contributed by atoms with van der Waals surface area (Å²) in [4.78, 5) is 30.4. The van der Waals surface area contributed by atoms with Gasteiger partial charge in [0.25, 0.3) is 0 Å². The van der Waals surface area contributed by atoms with E-state index in [1.165, 1.54) is 0 Å². The highest BCUT2D eigenvalue weighted by Gasteiger charge is 2.25. The van der Waals surface area contributed by atoms with E-state index in [1.807, 2.05) is 29.9 Å². The van der Waals surface area contributed by atoms with Gasteiger partial charge in [0.05, 0.1) is 6.54 Å². The van der Waals surface area contributed by atoms with Gasteiger partial charge in [-0.3, -0.25) is 19.1 Å². The summed E-state index contributed by atoms with van der Waals surface area (Å²) in [5, 5.41) is 2.81. The Kier molecular flexibility index (Phi) is 4.82. The minimum atomic E-state index is -0.229. The van der Waals surface area contributed by atoms with Crippen molar-refractivity contribution < 1.29 is 9.59 Å². The van der Waals surface area contributed by atoms with Gasteiger partial charge in [-0.1, -0.05) is 0 Å². The minimum Gasteiger partial charge on any atom is -0.369 e. The number of rotatable bonds is 5. The topological polar surface area (TPSA) is 81.2 Å². The number of ketones is 1. The number of carbonyl (C=O) groups is 2. The van der Waals surface area contributed by atoms with E-state index >= 15 is 0 Å². The third-order valence-corrected chi connectivity index (χ3v) is 5.46. The molecule has 1 aliphatic rings. The lowest BCUT2D eigenvalue weighted by Gasteiger charge is -2.29. The summed E-state index contributed by atoms with van der Waals surface area (Å²) in [5.74, 6) is -0.164. The smallest absolute Gasteiger partial charge is 0.220 e. The maximum Gasteiger partial charge on any atom is 0.220 e. The van der Waals surface area contributed by atoms with Gasteiger partial charge in [0.2, 0.25) is 5.91 Å². The number of aryl methyl sites for hydroxylation is 1. The van der Waals surface area contributed by atoms with E-state index in [0.717, 1.165) is 48.0 Å². The Bertz CT molecular complexity index is 743. The molecule has 2 N–H and O–H groups in total. The van der Waals surface area contributed by atoms with Gasteiger partial charge in [0.15, 0.2) is 10.9 Å². The van der Waals surface area contributed by atoms with Crippen molar-refractivity contribution in [3.63, 3.8) is 0 Å². The molecule has 1 fully saturated rings. The summed E-state index contributed by atoms with van der Waals surface area (Å²) in [5.41, 5.74) is 8.05. The Labute approximate surface area is 145 Å². The predicted octanol–water partition coefficient (Wildman–Crippen LogP) is 1.93. The Morgan fingerprint density at radius 3 is 2.62 bits per heavy atom. The summed E-state index contributed by atoms with van der Waals surface area (Å²) in [7, 11) is 0. The van der Waals surface area contributed by atoms with E-state index in [-0.39, 0.29) is 17.6 Å². The molecule has 0 radical (unpaired) electrons. The van der Waals surface area contributed by atoms with E-state index in [9.17, 15) is 9.59 Å². The molecule has 7 heteroatoms. The van der Waals surface area contributed by atoms with Crippen molar-refractivity contribution in [1.82, 2.24) is 14.5 Å². The Morgan fingerprint density at radius 1 is 1.33 bits per heavy atom. The number of aromatic nitrogens is 2. The Balaban J connectivity index is 1.70. The number of hydrogen-bond donors (Lipinski definition) is 1. The first kappa shape index (κ1) is 16.9. The number of primary amides is 1. The van der Waals surface area contributed by atoms with Crippen molar-refractivity contribution >= 4 is 23.0 Å². The summed E-state index contributed by atoms with van der Waals surface area (Å²) in [6, 6.07) is 1.94. The summed E-state index contributed by atoms with van der Waals surface area (Å²) < 4.78 is 2.03. The molecule has 128 valence electrons. The third kappa shape index (κ3) is 3.27. The van der Waals surface area contributed by atoms with Crippen LogP contribution in [0.15, 0.2) is 17.6 Å². The molecule has 0 aliphatic carbocycles. The molecule has 2 aromatic heterocycles. The molecule has 0 saturated carbocycles. The van der Waals surface area contributed by atoms with Crippen LogP contribution < -0.4 is 5.73 Å². The largest absolute Gasteiger partial charge is 0.369 e. The number of nitrogens with two attached hydrogens (primary N) is 1. The first-order chi connectivity index (χ1) is 11.5. The van der Waals surface area contributed by atoms with Crippen molar-refractivity contribution in [3.8, 4) is 5.13 Å². The van der Waals surface area contributed by atoms with Crippen LogP contribution in [0.25, 0.3) is 5.13 Å². The highest BCUT2D eigenvalue weighted by atomic mass is 32.1. The van der Waals surface area contributed by atoms with E-state index in [0.29, 0.717) is 6.54 Å². The normalized spacial score (nSPS) is 16.4. The molecular weight excluding hydrogens is 324 g/mol. The average Bonchev–Trinajstić information content (AvgIpc) is 3.15. The molecule has 2 aromatic rings. The number of hydrogen-bond acceptors (Lipinski definition) is 5. The van der Waals surface area contributed by atoms with Gasteiger partial charge in [0, 0.05) is 34.4 Å². The van der Waals surface area contributed by atoms with E-state index < -0.39 is 0 Å². The van der Waals surface area contributed by atoms with Crippen molar-refractivity contribution in [1.29, 1.82) is 0 Å². The maximum atomic E-state index is 12.7. The fourth-order valence-electron chi connectivity index (χ4n) is 3.33. The summed E-state index contributed by atoms with van der Waals surface area (Å²) in [6.07, 6.45) is 3.24. The Hall–Kier alpha value is -1.99. The SMILES string of the molecule is Cc1cc(C(=O)CN2CCC(C(N)=O)CC2)c(C)n1-c1nccs1. The second-order valence-electron chi connectivity index (χ2n) is 6.31. The number of piperidine rings is 1. The van der Waals surface area contributed by atoms with Crippen LogP contribution in [0.4, 0.5) is 0 Å². The monoisotopic (exact) mass is 346 g/mol. The highest BCUT2D eigenvalue weighted by molar-refractivity contribution is 7.12. The first-order valence-electron chi connectivity index (χ1n) is 8.11. The predicted molar refractivity (Wildman–Crippen MR) is 93.6 cm³/mol. The fraction of sp³-hybridized carbons (Fsp3) is 0.471. The first-order valence-corrected chi connectivity index (χ1v) is 8.99. The molecule has 1 saturated heterocycles. The molecule has 0 spiro atoms. The molecule has 3 heterocycles. The lowest BCUT2D eigenvalue weighted by Crippen LogP contribution is -2.40. The van der Waals surface area contributed by atoms with Gasteiger partial charge < -0.3 is 5.73 Å². The van der Waals surface area contributed by atoms with E-state index in [4.69, 9.17) is 5.73 Å². The van der Waals surface area contributed by atoms with Crippen molar-refractivity contribution in [3.05, 3.63) is 34.6 Å². The molecule has 1 aliphatic heterocycles. The van der Waals surface area contributed by atoms with Crippen LogP contribution in [0.2, 0.25) is 0 Å². The molecule has 1 amide bonds. The molecule has 3 rings (SSSR count). The van der Waals surface area contributed by atoms with Gasteiger partial charge in [-0.2, -0.15) is 0 Å². The zero-order valence-corrected chi connectivity index (χ0v) is 14.8. The molecule has 0 aromatic carbocycles. The Morgan fingerprint density at radius 2 is 2.04 bits per heavy atom. The molecule has 24 heavy (non-hydrogen) atoms. The van der Waals surface area contributed by atoms with Crippen LogP contribution in [0.1, 0.15) is 34.6 Å².